The molecule has 11 heteroatoms. The highest BCUT2D eigenvalue weighted by molar-refractivity contribution is 9.12. The van der Waals surface area contributed by atoms with Gasteiger partial charge >= 0.3 is 7.82 Å². The van der Waals surface area contributed by atoms with E-state index in [2.05, 4.69) is 95.6 Å². The first-order valence-corrected chi connectivity index (χ1v) is 13.7. The zero-order chi connectivity index (χ0) is 16.3. The molecular formula is C10H17Br6O4P. The Hall–Kier alpha value is 2.99. The minimum Gasteiger partial charge on any atom is -0.287 e. The van der Waals surface area contributed by atoms with Crippen molar-refractivity contribution in [1.82, 2.24) is 0 Å². The molecule has 0 saturated heterocycles. The average molecular weight is 712 g/mol. The molecule has 0 radical (unpaired) electrons. The molecule has 0 aliphatic rings. The third kappa shape index (κ3) is 12.1. The summed E-state index contributed by atoms with van der Waals surface area (Å²) in [5.74, 6) is 0.192. The van der Waals surface area contributed by atoms with Crippen LogP contribution < -0.4 is 0 Å². The molecule has 0 bridgehead atoms. The predicted molar refractivity (Wildman–Crippen MR) is 110 cm³/mol. The molecule has 128 valence electrons. The molecule has 2 unspecified atom stereocenters. The molecule has 0 spiro atoms. The molecule has 0 aliphatic carbocycles. The van der Waals surface area contributed by atoms with Crippen LogP contribution in [-0.4, -0.2) is 50.8 Å². The second-order valence-corrected chi connectivity index (χ2v) is 10.9. The smallest absolute Gasteiger partial charge is 0.287 e. The van der Waals surface area contributed by atoms with E-state index in [1.165, 1.54) is 0 Å². The lowest BCUT2D eigenvalue weighted by atomic mass is 10.2. The van der Waals surface area contributed by atoms with Crippen molar-refractivity contribution in [2.24, 2.45) is 5.92 Å². The Kier molecular flexibility index (Phi) is 16.2. The number of rotatable bonds is 13. The van der Waals surface area contributed by atoms with E-state index >= 15 is 0 Å². The maximum atomic E-state index is 12.6. The van der Waals surface area contributed by atoms with E-state index in [9.17, 15) is 4.57 Å². The van der Waals surface area contributed by atoms with Crippen molar-refractivity contribution in [2.75, 3.05) is 41.1 Å². The van der Waals surface area contributed by atoms with E-state index in [-0.39, 0.29) is 35.4 Å². The van der Waals surface area contributed by atoms with E-state index in [1.807, 2.05) is 0 Å². The van der Waals surface area contributed by atoms with Crippen molar-refractivity contribution in [3.05, 3.63) is 0 Å². The van der Waals surface area contributed by atoms with Gasteiger partial charge in [0.15, 0.2) is 0 Å². The maximum absolute atomic E-state index is 12.6. The first kappa shape index (κ1) is 24.0. The first-order valence-electron chi connectivity index (χ1n) is 5.96. The van der Waals surface area contributed by atoms with Gasteiger partial charge in [-0.3, -0.25) is 13.6 Å². The fourth-order valence-corrected chi connectivity index (χ4v) is 4.71. The van der Waals surface area contributed by atoms with Gasteiger partial charge < -0.3 is 0 Å². The van der Waals surface area contributed by atoms with E-state index in [0.29, 0.717) is 10.7 Å². The highest BCUT2D eigenvalue weighted by Crippen LogP contribution is 2.50. The van der Waals surface area contributed by atoms with Crippen molar-refractivity contribution < 1.29 is 18.1 Å². The van der Waals surface area contributed by atoms with Gasteiger partial charge in [-0.2, -0.15) is 0 Å². The third-order valence-corrected chi connectivity index (χ3v) is 9.77. The Morgan fingerprint density at radius 3 is 1.43 bits per heavy atom. The number of hydrogen-bond donors (Lipinski definition) is 0. The fourth-order valence-electron chi connectivity index (χ4n) is 0.872. The van der Waals surface area contributed by atoms with Gasteiger partial charge in [-0.05, 0) is 0 Å². The average Bonchev–Trinajstić information content (AvgIpc) is 2.51. The molecule has 4 nitrogen and oxygen atoms in total. The standard InChI is InChI=1S/C10H17Br6O4P/c11-1-8(2-12)5-18-21(17,19-6-9(15)3-13)20-7-10(16)4-14/h8-10H,1-7H2. The zero-order valence-electron chi connectivity index (χ0n) is 11.0. The number of hydrogen-bond acceptors (Lipinski definition) is 4. The van der Waals surface area contributed by atoms with Crippen LogP contribution >= 0.6 is 103 Å². The minimum absolute atomic E-state index is 0.0390. The molecule has 2 atom stereocenters. The van der Waals surface area contributed by atoms with Gasteiger partial charge in [-0.1, -0.05) is 95.6 Å². The second-order valence-electron chi connectivity index (χ2n) is 4.01. The summed E-state index contributed by atoms with van der Waals surface area (Å²) in [5, 5.41) is 2.84. The van der Waals surface area contributed by atoms with Gasteiger partial charge in [-0.25, -0.2) is 4.57 Å². The molecule has 0 amide bonds. The summed E-state index contributed by atoms with van der Waals surface area (Å²) in [6, 6.07) is 0. The minimum atomic E-state index is -3.58. The highest BCUT2D eigenvalue weighted by atomic mass is 79.9. The molecule has 0 aromatic carbocycles. The number of phosphoric acid groups is 1. The summed E-state index contributed by atoms with van der Waals surface area (Å²) in [4.78, 5) is 0.0780. The summed E-state index contributed by atoms with van der Waals surface area (Å²) < 4.78 is 28.8. The lowest BCUT2D eigenvalue weighted by molar-refractivity contribution is 0.108. The Bertz CT molecular complexity index is 289. The number of phosphoric ester groups is 1. The van der Waals surface area contributed by atoms with E-state index in [1.54, 1.807) is 0 Å². The van der Waals surface area contributed by atoms with Gasteiger partial charge in [0, 0.05) is 36.9 Å². The Labute approximate surface area is 176 Å². The normalized spacial score (nSPS) is 17.7. The van der Waals surface area contributed by atoms with Crippen molar-refractivity contribution in [3.8, 4) is 0 Å². The first-order chi connectivity index (χ1) is 9.90. The summed E-state index contributed by atoms with van der Waals surface area (Å²) in [5.41, 5.74) is 0. The highest BCUT2D eigenvalue weighted by Gasteiger charge is 2.29. The van der Waals surface area contributed by atoms with Crippen molar-refractivity contribution in [3.63, 3.8) is 0 Å². The lowest BCUT2D eigenvalue weighted by Gasteiger charge is -2.21. The third-order valence-electron chi connectivity index (χ3n) is 2.07. The van der Waals surface area contributed by atoms with Crippen LogP contribution in [-0.2, 0) is 18.1 Å². The Balaban J connectivity index is 4.53. The molecule has 0 N–H and O–H groups in total. The SMILES string of the molecule is O=P(OCC(Br)CBr)(OCC(Br)CBr)OCC(CBr)CBr. The van der Waals surface area contributed by atoms with E-state index in [4.69, 9.17) is 13.6 Å². The monoisotopic (exact) mass is 706 g/mol. The van der Waals surface area contributed by atoms with Crippen LogP contribution in [0.2, 0.25) is 0 Å². The van der Waals surface area contributed by atoms with E-state index < -0.39 is 7.82 Å². The molecule has 0 aromatic rings. The van der Waals surface area contributed by atoms with Gasteiger partial charge in [0.1, 0.15) is 0 Å². The van der Waals surface area contributed by atoms with Crippen LogP contribution in [0, 0.1) is 5.92 Å². The van der Waals surface area contributed by atoms with Crippen LogP contribution in [0.1, 0.15) is 0 Å². The number of alkyl halides is 6. The van der Waals surface area contributed by atoms with Gasteiger partial charge in [-0.15, -0.1) is 0 Å². The predicted octanol–water partition coefficient (Wildman–Crippen LogP) is 5.87. The largest absolute Gasteiger partial charge is 0.474 e. The fraction of sp³-hybridized carbons (Fsp3) is 1.00. The van der Waals surface area contributed by atoms with Crippen molar-refractivity contribution >= 4 is 103 Å². The summed E-state index contributed by atoms with van der Waals surface area (Å²) in [7, 11) is -3.58. The molecule has 0 fully saturated rings. The quantitative estimate of drug-likeness (QED) is 0.177. The van der Waals surface area contributed by atoms with Crippen LogP contribution in [0.5, 0.6) is 0 Å². The molecule has 0 rings (SSSR count). The van der Waals surface area contributed by atoms with Crippen molar-refractivity contribution in [1.29, 1.82) is 0 Å². The zero-order valence-corrected chi connectivity index (χ0v) is 21.4. The summed E-state index contributed by atoms with van der Waals surface area (Å²) >= 11 is 20.2. The molecule has 0 heterocycles. The lowest BCUT2D eigenvalue weighted by Crippen LogP contribution is -2.17. The molecule has 0 aromatic heterocycles. The Morgan fingerprint density at radius 1 is 0.714 bits per heavy atom. The van der Waals surface area contributed by atoms with Gasteiger partial charge in [0.25, 0.3) is 0 Å². The van der Waals surface area contributed by atoms with Crippen molar-refractivity contribution in [2.45, 2.75) is 9.65 Å². The van der Waals surface area contributed by atoms with Crippen LogP contribution in [0.3, 0.4) is 0 Å². The number of halogens is 6. The Morgan fingerprint density at radius 2 is 1.10 bits per heavy atom. The van der Waals surface area contributed by atoms with E-state index in [0.717, 1.165) is 10.7 Å². The van der Waals surface area contributed by atoms with Crippen LogP contribution in [0.4, 0.5) is 0 Å². The maximum Gasteiger partial charge on any atom is 0.474 e. The second kappa shape index (κ2) is 14.2. The molecule has 0 aliphatic heterocycles. The summed E-state index contributed by atoms with van der Waals surface area (Å²) in [6.45, 7) is 0.754. The summed E-state index contributed by atoms with van der Waals surface area (Å²) in [6.07, 6.45) is 0. The van der Waals surface area contributed by atoms with Crippen LogP contribution in [0.15, 0.2) is 0 Å². The van der Waals surface area contributed by atoms with Crippen LogP contribution in [0.25, 0.3) is 0 Å². The van der Waals surface area contributed by atoms with Gasteiger partial charge in [0.05, 0.1) is 19.8 Å². The topological polar surface area (TPSA) is 44.8 Å². The molecule has 0 saturated carbocycles. The molecular weight excluding hydrogens is 695 g/mol. The molecule has 21 heavy (non-hydrogen) atoms. The van der Waals surface area contributed by atoms with Gasteiger partial charge in [0.2, 0.25) is 0 Å².